The molecule has 0 radical (unpaired) electrons. The van der Waals surface area contributed by atoms with E-state index >= 15 is 0 Å². The Hall–Kier alpha value is -1.19. The highest BCUT2D eigenvalue weighted by molar-refractivity contribution is 6.20. The zero-order valence-corrected chi connectivity index (χ0v) is 6.77. The normalized spacial score (nSPS) is 8.75. The van der Waals surface area contributed by atoms with E-state index < -0.39 is 5.97 Å². The number of hydrogen-bond donors (Lipinski definition) is 1. The molecular formula is C7H12N2O3. The van der Waals surface area contributed by atoms with Crippen LogP contribution in [0.2, 0.25) is 0 Å². The summed E-state index contributed by atoms with van der Waals surface area (Å²) in [6.45, 7) is 0.455. The van der Waals surface area contributed by atoms with Gasteiger partial charge in [0, 0.05) is 6.61 Å². The van der Waals surface area contributed by atoms with E-state index in [2.05, 4.69) is 9.53 Å². The average molecular weight is 172 g/mol. The predicted octanol–water partition coefficient (Wildman–Crippen LogP) is -0.00720. The highest BCUT2D eigenvalue weighted by Gasteiger charge is 2.01. The molecule has 0 amide bonds. The molecule has 0 aromatic carbocycles. The fraction of sp³-hybridized carbons (Fsp3) is 0.714. The standard InChI is InChI=1S/C7H12N2O3/c8-9-6-7(11)12-5-3-1-2-4-10/h6,10H,1-5H2. The molecular weight excluding hydrogens is 160 g/mol. The lowest BCUT2D eigenvalue weighted by Crippen LogP contribution is -2.07. The Morgan fingerprint density at radius 2 is 2.25 bits per heavy atom. The fourth-order valence-electron chi connectivity index (χ4n) is 0.648. The lowest BCUT2D eigenvalue weighted by atomic mass is 10.2. The predicted molar refractivity (Wildman–Crippen MR) is 41.6 cm³/mol. The van der Waals surface area contributed by atoms with E-state index in [0.29, 0.717) is 25.7 Å². The van der Waals surface area contributed by atoms with E-state index in [4.69, 9.17) is 10.6 Å². The van der Waals surface area contributed by atoms with Crippen LogP contribution >= 0.6 is 0 Å². The van der Waals surface area contributed by atoms with Crippen LogP contribution in [-0.4, -0.2) is 35.3 Å². The Morgan fingerprint density at radius 3 is 2.83 bits per heavy atom. The maximum Gasteiger partial charge on any atom is 0.413 e. The molecule has 0 unspecified atom stereocenters. The molecule has 12 heavy (non-hydrogen) atoms. The molecule has 0 aliphatic carbocycles. The lowest BCUT2D eigenvalue weighted by Gasteiger charge is -1.97. The molecule has 0 heterocycles. The third-order valence-electron chi connectivity index (χ3n) is 1.21. The van der Waals surface area contributed by atoms with Crippen LogP contribution in [0.3, 0.4) is 0 Å². The molecule has 0 fully saturated rings. The van der Waals surface area contributed by atoms with Gasteiger partial charge in [0.1, 0.15) is 0 Å². The van der Waals surface area contributed by atoms with E-state index in [9.17, 15) is 4.79 Å². The summed E-state index contributed by atoms with van der Waals surface area (Å²) in [5, 5.41) is 8.40. The highest BCUT2D eigenvalue weighted by Crippen LogP contribution is 1.93. The van der Waals surface area contributed by atoms with Crippen LogP contribution in [0.1, 0.15) is 19.3 Å². The number of nitrogens with zero attached hydrogens (tertiary/aromatic N) is 2. The monoisotopic (exact) mass is 172 g/mol. The average Bonchev–Trinajstić information content (AvgIpc) is 2.05. The minimum Gasteiger partial charge on any atom is -0.457 e. The summed E-state index contributed by atoms with van der Waals surface area (Å²) in [5.41, 5.74) is 7.91. The molecule has 0 rings (SSSR count). The van der Waals surface area contributed by atoms with E-state index in [1.54, 1.807) is 0 Å². The van der Waals surface area contributed by atoms with Crippen LogP contribution in [0.15, 0.2) is 0 Å². The summed E-state index contributed by atoms with van der Waals surface area (Å²) < 4.78 is 4.60. The van der Waals surface area contributed by atoms with Crippen LogP contribution < -0.4 is 0 Å². The Kier molecular flexibility index (Phi) is 7.13. The van der Waals surface area contributed by atoms with E-state index in [0.717, 1.165) is 6.42 Å². The lowest BCUT2D eigenvalue weighted by molar-refractivity contribution is -0.139. The number of unbranched alkanes of at least 4 members (excludes halogenated alkanes) is 2. The Morgan fingerprint density at radius 1 is 1.50 bits per heavy atom. The number of hydrogen-bond acceptors (Lipinski definition) is 3. The Balaban J connectivity index is 3.19. The van der Waals surface area contributed by atoms with Crippen molar-refractivity contribution in [1.29, 1.82) is 0 Å². The summed E-state index contributed by atoms with van der Waals surface area (Å²) in [7, 11) is 0. The third-order valence-corrected chi connectivity index (χ3v) is 1.21. The van der Waals surface area contributed by atoms with Gasteiger partial charge in [0.05, 0.1) is 6.61 Å². The second-order valence-electron chi connectivity index (χ2n) is 2.20. The minimum absolute atomic E-state index is 0.159. The van der Waals surface area contributed by atoms with Gasteiger partial charge >= 0.3 is 12.2 Å². The van der Waals surface area contributed by atoms with Crippen LogP contribution in [-0.2, 0) is 9.53 Å². The summed E-state index contributed by atoms with van der Waals surface area (Å²) in [6.07, 6.45) is 2.95. The molecule has 68 valence electrons. The van der Waals surface area contributed by atoms with Crippen molar-refractivity contribution in [3.8, 4) is 0 Å². The first-order valence-electron chi connectivity index (χ1n) is 3.76. The van der Waals surface area contributed by atoms with Crippen molar-refractivity contribution in [2.45, 2.75) is 19.3 Å². The number of rotatable bonds is 6. The Labute approximate surface area is 70.6 Å². The SMILES string of the molecule is [N-]=[N+]=CC(=O)OCCCCCO. The fourth-order valence-corrected chi connectivity index (χ4v) is 0.648. The first-order valence-corrected chi connectivity index (χ1v) is 3.76. The van der Waals surface area contributed by atoms with Crippen molar-refractivity contribution < 1.29 is 19.4 Å². The van der Waals surface area contributed by atoms with Crippen molar-refractivity contribution in [3.05, 3.63) is 5.53 Å². The van der Waals surface area contributed by atoms with E-state index in [1.165, 1.54) is 0 Å². The first-order chi connectivity index (χ1) is 5.81. The second kappa shape index (κ2) is 7.91. The van der Waals surface area contributed by atoms with Gasteiger partial charge < -0.3 is 15.4 Å². The van der Waals surface area contributed by atoms with Gasteiger partial charge in [-0.15, -0.1) is 0 Å². The molecule has 1 N–H and O–H groups in total. The van der Waals surface area contributed by atoms with Crippen molar-refractivity contribution in [2.75, 3.05) is 13.2 Å². The summed E-state index contributed by atoms with van der Waals surface area (Å²) in [4.78, 5) is 13.0. The molecule has 5 heteroatoms. The minimum atomic E-state index is -0.651. The smallest absolute Gasteiger partial charge is 0.413 e. The van der Waals surface area contributed by atoms with Crippen molar-refractivity contribution in [1.82, 2.24) is 0 Å². The summed E-state index contributed by atoms with van der Waals surface area (Å²) in [5.74, 6) is -0.651. The number of esters is 1. The largest absolute Gasteiger partial charge is 0.457 e. The van der Waals surface area contributed by atoms with Crippen molar-refractivity contribution >= 4 is 12.2 Å². The van der Waals surface area contributed by atoms with Gasteiger partial charge in [-0.1, -0.05) is 0 Å². The maximum atomic E-state index is 10.5. The van der Waals surface area contributed by atoms with Crippen LogP contribution in [0.5, 0.6) is 0 Å². The summed E-state index contributed by atoms with van der Waals surface area (Å²) >= 11 is 0. The number of carbonyl (C=O) groups excluding carboxylic acids is 1. The second-order valence-corrected chi connectivity index (χ2v) is 2.20. The number of aliphatic hydroxyl groups is 1. The zero-order chi connectivity index (χ0) is 9.23. The molecule has 5 nitrogen and oxygen atoms in total. The van der Waals surface area contributed by atoms with Crippen LogP contribution in [0.25, 0.3) is 5.53 Å². The number of aliphatic hydroxyl groups excluding tert-OH is 1. The van der Waals surface area contributed by atoms with Gasteiger partial charge in [0.2, 0.25) is 0 Å². The van der Waals surface area contributed by atoms with Gasteiger partial charge in [-0.05, 0) is 19.3 Å². The van der Waals surface area contributed by atoms with Gasteiger partial charge in [0.15, 0.2) is 0 Å². The molecule has 0 aliphatic heterocycles. The maximum absolute atomic E-state index is 10.5. The molecule has 0 atom stereocenters. The molecule has 0 spiro atoms. The quantitative estimate of drug-likeness (QED) is 0.201. The molecule has 0 aliphatic rings. The number of ether oxygens (including phenoxy) is 1. The third kappa shape index (κ3) is 6.92. The molecule has 0 saturated carbocycles. The zero-order valence-electron chi connectivity index (χ0n) is 6.77. The van der Waals surface area contributed by atoms with Crippen molar-refractivity contribution in [2.24, 2.45) is 0 Å². The van der Waals surface area contributed by atoms with Crippen LogP contribution in [0.4, 0.5) is 0 Å². The molecule has 0 saturated heterocycles. The molecule has 0 aromatic rings. The van der Waals surface area contributed by atoms with Crippen molar-refractivity contribution in [3.63, 3.8) is 0 Å². The first kappa shape index (κ1) is 10.8. The molecule has 0 aromatic heterocycles. The van der Waals surface area contributed by atoms with Gasteiger partial charge in [-0.3, -0.25) is 0 Å². The number of carbonyl (C=O) groups is 1. The van der Waals surface area contributed by atoms with Gasteiger partial charge in [-0.25, -0.2) is 4.79 Å². The molecule has 0 bridgehead atoms. The summed E-state index contributed by atoms with van der Waals surface area (Å²) in [6, 6.07) is 0. The topological polar surface area (TPSA) is 82.9 Å². The van der Waals surface area contributed by atoms with Gasteiger partial charge in [0.25, 0.3) is 0 Å². The van der Waals surface area contributed by atoms with E-state index in [1.807, 2.05) is 0 Å². The Bertz CT molecular complexity index is 175. The van der Waals surface area contributed by atoms with Crippen LogP contribution in [0, 0.1) is 0 Å². The van der Waals surface area contributed by atoms with Gasteiger partial charge in [-0.2, -0.15) is 4.79 Å². The highest BCUT2D eigenvalue weighted by atomic mass is 16.5. The van der Waals surface area contributed by atoms with E-state index in [-0.39, 0.29) is 6.61 Å².